The fourth-order valence-corrected chi connectivity index (χ4v) is 2.46. The topological polar surface area (TPSA) is 66.1 Å². The number of alkyl halides is 2. The molecule has 0 aliphatic rings. The summed E-state index contributed by atoms with van der Waals surface area (Å²) in [5.41, 5.74) is -1.59. The predicted octanol–water partition coefficient (Wildman–Crippen LogP) is 3.67. The van der Waals surface area contributed by atoms with E-state index in [9.17, 15) is 22.8 Å². The summed E-state index contributed by atoms with van der Waals surface area (Å²) in [5.74, 6) is -2.10. The minimum Gasteiger partial charge on any atom is -0.462 e. The van der Waals surface area contributed by atoms with Crippen molar-refractivity contribution in [3.63, 3.8) is 0 Å². The molecule has 1 heterocycles. The van der Waals surface area contributed by atoms with E-state index in [2.05, 4.69) is 5.10 Å². The molecule has 140 valence electrons. The zero-order valence-corrected chi connectivity index (χ0v) is 15.0. The Morgan fingerprint density at radius 3 is 2.62 bits per heavy atom. The largest absolute Gasteiger partial charge is 0.462 e. The van der Waals surface area contributed by atoms with Crippen molar-refractivity contribution in [2.45, 2.75) is 20.4 Å². The second-order valence-electron chi connectivity index (χ2n) is 4.93. The van der Waals surface area contributed by atoms with Crippen LogP contribution in [0.2, 0.25) is 5.02 Å². The van der Waals surface area contributed by atoms with Crippen LogP contribution in [0.1, 0.15) is 24.9 Å². The molecule has 1 aromatic carbocycles. The van der Waals surface area contributed by atoms with Gasteiger partial charge in [-0.3, -0.25) is 0 Å². The molecule has 0 N–H and O–H groups in total. The number of carbonyl (C=O) groups excluding carboxylic acids is 1. The maximum atomic E-state index is 14.2. The van der Waals surface area contributed by atoms with Crippen LogP contribution in [0.25, 0.3) is 11.8 Å². The molecule has 11 heteroatoms. The normalized spacial score (nSPS) is 11.9. The van der Waals surface area contributed by atoms with E-state index in [-0.39, 0.29) is 32.6 Å². The van der Waals surface area contributed by atoms with E-state index < -0.39 is 29.7 Å². The van der Waals surface area contributed by atoms with Gasteiger partial charge in [0.25, 0.3) is 0 Å². The van der Waals surface area contributed by atoms with Crippen molar-refractivity contribution in [2.75, 3.05) is 6.61 Å². The Balaban J connectivity index is 2.60. The van der Waals surface area contributed by atoms with Gasteiger partial charge in [0.2, 0.25) is 0 Å². The average molecular weight is 410 g/mol. The summed E-state index contributed by atoms with van der Waals surface area (Å²) in [5, 5.41) is 3.18. The number of hydrogen-bond acceptors (Lipinski definition) is 4. The standard InChI is InChI=1S/C15H12Cl2F3N3O3/c1-3-26-13(24)10(17)4-8-5-12(11(18)6-9(8)16)23-15(25)22(14(19)20)7(2)21-23/h4-6,14H,3H2,1-2H3. The van der Waals surface area contributed by atoms with Gasteiger partial charge < -0.3 is 4.74 Å². The fraction of sp³-hybridized carbons (Fsp3) is 0.267. The molecule has 0 amide bonds. The Hall–Kier alpha value is -2.26. The number of esters is 1. The highest BCUT2D eigenvalue weighted by Crippen LogP contribution is 2.26. The zero-order chi connectivity index (χ0) is 19.6. The molecule has 2 aromatic rings. The van der Waals surface area contributed by atoms with Gasteiger partial charge in [-0.25, -0.2) is 18.5 Å². The first-order valence-corrected chi connectivity index (χ1v) is 7.93. The molecule has 1 aromatic heterocycles. The van der Waals surface area contributed by atoms with Crippen molar-refractivity contribution in [2.24, 2.45) is 0 Å². The van der Waals surface area contributed by atoms with Crippen LogP contribution < -0.4 is 5.69 Å². The number of benzene rings is 1. The van der Waals surface area contributed by atoms with Crippen LogP contribution in [0.15, 0.2) is 22.0 Å². The first-order valence-electron chi connectivity index (χ1n) is 7.17. The molecule has 26 heavy (non-hydrogen) atoms. The summed E-state index contributed by atoms with van der Waals surface area (Å²) < 4.78 is 45.3. The average Bonchev–Trinajstić information content (AvgIpc) is 2.84. The van der Waals surface area contributed by atoms with E-state index in [1.54, 1.807) is 6.92 Å². The number of aryl methyl sites for hydroxylation is 1. The van der Waals surface area contributed by atoms with Gasteiger partial charge in [-0.15, -0.1) is 5.10 Å². The SMILES string of the molecule is CCOC(=O)C(Cl)=Cc1cc(-n2nc(C)n(C(F)F)c2=O)c(F)cc1Cl. The number of hydrogen-bond donors (Lipinski definition) is 0. The number of carbonyl (C=O) groups is 1. The summed E-state index contributed by atoms with van der Waals surface area (Å²) in [6.45, 7) is -0.287. The maximum absolute atomic E-state index is 14.2. The summed E-state index contributed by atoms with van der Waals surface area (Å²) >= 11 is 11.7. The minimum atomic E-state index is -3.13. The Labute approximate surface area is 155 Å². The predicted molar refractivity (Wildman–Crippen MR) is 89.2 cm³/mol. The van der Waals surface area contributed by atoms with Gasteiger partial charge in [0, 0.05) is 0 Å². The summed E-state index contributed by atoms with van der Waals surface area (Å²) in [7, 11) is 0. The molecule has 0 spiro atoms. The minimum absolute atomic E-state index is 0.0669. The first kappa shape index (κ1) is 20.1. The van der Waals surface area contributed by atoms with E-state index >= 15 is 0 Å². The van der Waals surface area contributed by atoms with Crippen LogP contribution in [0.3, 0.4) is 0 Å². The lowest BCUT2D eigenvalue weighted by Gasteiger charge is -2.07. The molecule has 0 aliphatic heterocycles. The lowest BCUT2D eigenvalue weighted by Crippen LogP contribution is -2.25. The zero-order valence-electron chi connectivity index (χ0n) is 13.5. The molecule has 0 saturated carbocycles. The van der Waals surface area contributed by atoms with Crippen LogP contribution in [-0.4, -0.2) is 26.9 Å². The fourth-order valence-electron chi connectivity index (χ4n) is 2.08. The maximum Gasteiger partial charge on any atom is 0.355 e. The third kappa shape index (κ3) is 3.94. The van der Waals surface area contributed by atoms with Crippen LogP contribution in [0, 0.1) is 12.7 Å². The Morgan fingerprint density at radius 2 is 2.08 bits per heavy atom. The monoisotopic (exact) mass is 409 g/mol. The van der Waals surface area contributed by atoms with Gasteiger partial charge in [-0.1, -0.05) is 23.2 Å². The quantitative estimate of drug-likeness (QED) is 0.558. The Bertz CT molecular complexity index is 938. The smallest absolute Gasteiger partial charge is 0.355 e. The highest BCUT2D eigenvalue weighted by molar-refractivity contribution is 6.43. The molecular weight excluding hydrogens is 398 g/mol. The lowest BCUT2D eigenvalue weighted by atomic mass is 10.1. The molecule has 0 saturated heterocycles. The van der Waals surface area contributed by atoms with Gasteiger partial charge in [-0.2, -0.15) is 13.5 Å². The van der Waals surface area contributed by atoms with Crippen LogP contribution >= 0.6 is 23.2 Å². The van der Waals surface area contributed by atoms with Gasteiger partial charge in [0.05, 0.1) is 11.6 Å². The molecule has 0 unspecified atom stereocenters. The van der Waals surface area contributed by atoms with Crippen molar-refractivity contribution < 1.29 is 22.7 Å². The molecule has 0 radical (unpaired) electrons. The van der Waals surface area contributed by atoms with Gasteiger partial charge in [-0.05, 0) is 37.6 Å². The van der Waals surface area contributed by atoms with E-state index in [4.69, 9.17) is 27.9 Å². The summed E-state index contributed by atoms with van der Waals surface area (Å²) in [6, 6.07) is 1.91. The summed E-state index contributed by atoms with van der Waals surface area (Å²) in [6.07, 6.45) is 1.10. The molecular formula is C15H12Cl2F3N3O3. The number of aromatic nitrogens is 3. The van der Waals surface area contributed by atoms with E-state index in [0.717, 1.165) is 18.2 Å². The van der Waals surface area contributed by atoms with Crippen molar-refractivity contribution >= 4 is 35.2 Å². The Morgan fingerprint density at radius 1 is 1.42 bits per heavy atom. The van der Waals surface area contributed by atoms with Gasteiger partial charge in [0.1, 0.15) is 16.5 Å². The molecule has 0 fully saturated rings. The van der Waals surface area contributed by atoms with E-state index in [1.807, 2.05) is 0 Å². The van der Waals surface area contributed by atoms with Crippen molar-refractivity contribution in [3.05, 3.63) is 49.9 Å². The molecule has 0 aliphatic carbocycles. The van der Waals surface area contributed by atoms with Crippen LogP contribution in [0.5, 0.6) is 0 Å². The van der Waals surface area contributed by atoms with Gasteiger partial charge >= 0.3 is 18.2 Å². The van der Waals surface area contributed by atoms with E-state index in [0.29, 0.717) is 4.68 Å². The lowest BCUT2D eigenvalue weighted by molar-refractivity contribution is -0.137. The number of rotatable bonds is 5. The van der Waals surface area contributed by atoms with Crippen molar-refractivity contribution in [3.8, 4) is 5.69 Å². The van der Waals surface area contributed by atoms with Gasteiger partial charge in [0.15, 0.2) is 5.82 Å². The highest BCUT2D eigenvalue weighted by Gasteiger charge is 2.21. The molecule has 6 nitrogen and oxygen atoms in total. The van der Waals surface area contributed by atoms with E-state index in [1.165, 1.54) is 6.92 Å². The third-order valence-corrected chi connectivity index (χ3v) is 3.81. The van der Waals surface area contributed by atoms with Crippen molar-refractivity contribution in [1.82, 2.24) is 14.3 Å². The number of ether oxygens (including phenoxy) is 1. The number of halogens is 5. The highest BCUT2D eigenvalue weighted by atomic mass is 35.5. The van der Waals surface area contributed by atoms with Crippen molar-refractivity contribution in [1.29, 1.82) is 0 Å². The first-order chi connectivity index (χ1) is 12.2. The number of nitrogens with zero attached hydrogens (tertiary/aromatic N) is 3. The molecule has 0 bridgehead atoms. The Kier molecular flexibility index (Phi) is 6.14. The summed E-state index contributed by atoms with van der Waals surface area (Å²) in [4.78, 5) is 23.6. The molecule has 2 rings (SSSR count). The second-order valence-corrected chi connectivity index (χ2v) is 5.74. The van der Waals surface area contributed by atoms with Crippen LogP contribution in [-0.2, 0) is 9.53 Å². The third-order valence-electron chi connectivity index (χ3n) is 3.22. The molecule has 0 atom stereocenters. The van der Waals surface area contributed by atoms with Crippen LogP contribution in [0.4, 0.5) is 13.2 Å². The second kappa shape index (κ2) is 7.96.